The van der Waals surface area contributed by atoms with E-state index < -0.39 is 17.6 Å². The van der Waals surface area contributed by atoms with Crippen molar-refractivity contribution in [3.05, 3.63) is 65.9 Å². The first kappa shape index (κ1) is 18.8. The van der Waals surface area contributed by atoms with Crippen LogP contribution in [-0.4, -0.2) is 17.0 Å². The number of para-hydroxylation sites is 1. The van der Waals surface area contributed by atoms with E-state index in [0.29, 0.717) is 11.3 Å². The Morgan fingerprint density at radius 3 is 2.30 bits per heavy atom. The van der Waals surface area contributed by atoms with Gasteiger partial charge >= 0.3 is 6.18 Å². The number of halogens is 3. The van der Waals surface area contributed by atoms with E-state index in [1.807, 2.05) is 24.3 Å². The third-order valence-corrected chi connectivity index (χ3v) is 4.39. The van der Waals surface area contributed by atoms with Crippen LogP contribution in [0.5, 0.6) is 5.75 Å². The standard InChI is InChI=1S/C11H11F3O.C9H8N2O/c12-11(13,14)8-4-6-10(7-5-8)15-9-2-1-3-9;10-9(12)7-5-11-8-4-2-1-3-6(7)8/h4-7,9H,1-3H2;1-5,11H,(H2,10,12). The Morgan fingerprint density at radius 1 is 1.07 bits per heavy atom. The number of fused-ring (bicyclic) bond motifs is 1. The molecule has 0 unspecified atom stereocenters. The molecular weight excluding hydrogens is 357 g/mol. The molecule has 27 heavy (non-hydrogen) atoms. The van der Waals surface area contributed by atoms with Crippen LogP contribution in [0.1, 0.15) is 35.2 Å². The molecule has 0 radical (unpaired) electrons. The molecule has 0 spiro atoms. The van der Waals surface area contributed by atoms with Crippen molar-refractivity contribution in [1.29, 1.82) is 0 Å². The first-order valence-electron chi connectivity index (χ1n) is 8.54. The number of aromatic nitrogens is 1. The van der Waals surface area contributed by atoms with Gasteiger partial charge in [-0.1, -0.05) is 18.2 Å². The van der Waals surface area contributed by atoms with E-state index in [1.165, 1.54) is 12.1 Å². The lowest BCUT2D eigenvalue weighted by Gasteiger charge is -2.26. The van der Waals surface area contributed by atoms with Gasteiger partial charge < -0.3 is 15.5 Å². The molecule has 1 heterocycles. The second-order valence-electron chi connectivity index (χ2n) is 6.31. The van der Waals surface area contributed by atoms with Gasteiger partial charge in [-0.15, -0.1) is 0 Å². The molecule has 0 saturated heterocycles. The predicted octanol–water partition coefficient (Wildman–Crippen LogP) is 4.90. The zero-order valence-corrected chi connectivity index (χ0v) is 14.4. The van der Waals surface area contributed by atoms with Gasteiger partial charge in [0.25, 0.3) is 5.91 Å². The number of H-pyrrole nitrogens is 1. The fourth-order valence-corrected chi connectivity index (χ4v) is 2.68. The highest BCUT2D eigenvalue weighted by atomic mass is 19.4. The Bertz CT molecular complexity index is 913. The van der Waals surface area contributed by atoms with Crippen molar-refractivity contribution < 1.29 is 22.7 Å². The molecule has 0 atom stereocenters. The average Bonchev–Trinajstić information content (AvgIpc) is 3.03. The minimum Gasteiger partial charge on any atom is -0.490 e. The number of carbonyl (C=O) groups is 1. The Morgan fingerprint density at radius 2 is 1.74 bits per heavy atom. The Kier molecular flexibility index (Phi) is 5.39. The zero-order valence-electron chi connectivity index (χ0n) is 14.4. The normalized spacial score (nSPS) is 14.2. The van der Waals surface area contributed by atoms with E-state index in [1.54, 1.807) is 6.20 Å². The molecule has 3 N–H and O–H groups in total. The van der Waals surface area contributed by atoms with Crippen molar-refractivity contribution in [3.63, 3.8) is 0 Å². The summed E-state index contributed by atoms with van der Waals surface area (Å²) in [6.45, 7) is 0. The monoisotopic (exact) mass is 376 g/mol. The minimum absolute atomic E-state index is 0.196. The number of alkyl halides is 3. The Labute approximate surface area is 154 Å². The van der Waals surface area contributed by atoms with Gasteiger partial charge in [0.2, 0.25) is 0 Å². The van der Waals surface area contributed by atoms with Gasteiger partial charge in [0, 0.05) is 17.1 Å². The van der Waals surface area contributed by atoms with Crippen molar-refractivity contribution in [2.45, 2.75) is 31.5 Å². The smallest absolute Gasteiger partial charge is 0.416 e. The van der Waals surface area contributed by atoms with Gasteiger partial charge in [0.15, 0.2) is 0 Å². The highest BCUT2D eigenvalue weighted by molar-refractivity contribution is 6.05. The number of primary amides is 1. The SMILES string of the molecule is FC(F)(F)c1ccc(OC2CCC2)cc1.NC(=O)c1c[nH]c2ccccc12. The number of amides is 1. The summed E-state index contributed by atoms with van der Waals surface area (Å²) < 4.78 is 42.1. The third kappa shape index (κ3) is 4.61. The quantitative estimate of drug-likeness (QED) is 0.682. The van der Waals surface area contributed by atoms with Gasteiger partial charge in [-0.05, 0) is 49.6 Å². The summed E-state index contributed by atoms with van der Waals surface area (Å²) in [7, 11) is 0. The molecule has 1 aromatic heterocycles. The van der Waals surface area contributed by atoms with E-state index >= 15 is 0 Å². The number of rotatable bonds is 3. The van der Waals surface area contributed by atoms with Crippen molar-refractivity contribution >= 4 is 16.8 Å². The molecular formula is C20H19F3N2O2. The second kappa shape index (κ2) is 7.73. The minimum atomic E-state index is -4.27. The topological polar surface area (TPSA) is 68.1 Å². The molecule has 1 aliphatic carbocycles. The summed E-state index contributed by atoms with van der Waals surface area (Å²) in [5.74, 6) is 0.125. The number of hydrogen-bond donors (Lipinski definition) is 2. The van der Waals surface area contributed by atoms with Gasteiger partial charge in [0.05, 0.1) is 17.2 Å². The molecule has 2 aromatic carbocycles. The van der Waals surface area contributed by atoms with Crippen molar-refractivity contribution in [3.8, 4) is 5.75 Å². The number of nitrogens with one attached hydrogen (secondary N) is 1. The van der Waals surface area contributed by atoms with Crippen LogP contribution in [0.2, 0.25) is 0 Å². The van der Waals surface area contributed by atoms with Gasteiger partial charge in [-0.2, -0.15) is 13.2 Å². The summed E-state index contributed by atoms with van der Waals surface area (Å²) in [6, 6.07) is 12.4. The molecule has 0 bridgehead atoms. The predicted molar refractivity (Wildman–Crippen MR) is 96.5 cm³/mol. The van der Waals surface area contributed by atoms with Crippen LogP contribution in [0, 0.1) is 0 Å². The maximum Gasteiger partial charge on any atom is 0.416 e. The number of ether oxygens (including phenoxy) is 1. The lowest BCUT2D eigenvalue weighted by Crippen LogP contribution is -2.24. The number of benzene rings is 2. The van der Waals surface area contributed by atoms with Gasteiger partial charge in [-0.3, -0.25) is 4.79 Å². The number of hydrogen-bond acceptors (Lipinski definition) is 2. The Balaban J connectivity index is 0.000000159. The van der Waals surface area contributed by atoms with E-state index in [0.717, 1.165) is 42.3 Å². The van der Waals surface area contributed by atoms with Crippen LogP contribution < -0.4 is 10.5 Å². The highest BCUT2D eigenvalue weighted by Gasteiger charge is 2.30. The maximum atomic E-state index is 12.2. The molecule has 1 saturated carbocycles. The van der Waals surface area contributed by atoms with Gasteiger partial charge in [-0.25, -0.2) is 0 Å². The maximum absolute atomic E-state index is 12.2. The van der Waals surface area contributed by atoms with Crippen LogP contribution in [0.25, 0.3) is 10.9 Å². The number of carbonyl (C=O) groups excluding carboxylic acids is 1. The summed E-state index contributed by atoms with van der Waals surface area (Å²) in [4.78, 5) is 13.8. The molecule has 142 valence electrons. The van der Waals surface area contributed by atoms with Crippen LogP contribution in [0.4, 0.5) is 13.2 Å². The molecule has 1 amide bonds. The van der Waals surface area contributed by atoms with Gasteiger partial charge in [0.1, 0.15) is 5.75 Å². The fraction of sp³-hybridized carbons (Fsp3) is 0.250. The molecule has 4 nitrogen and oxygen atoms in total. The average molecular weight is 376 g/mol. The Hall–Kier alpha value is -2.96. The van der Waals surface area contributed by atoms with Crippen LogP contribution in [0.15, 0.2) is 54.7 Å². The summed E-state index contributed by atoms with van der Waals surface area (Å²) in [5.41, 5.74) is 6.01. The zero-order chi connectivity index (χ0) is 19.4. The van der Waals surface area contributed by atoms with Crippen LogP contribution >= 0.6 is 0 Å². The first-order chi connectivity index (χ1) is 12.8. The largest absolute Gasteiger partial charge is 0.490 e. The summed E-state index contributed by atoms with van der Waals surface area (Å²) in [5, 5.41) is 0.880. The number of nitrogens with two attached hydrogens (primary N) is 1. The van der Waals surface area contributed by atoms with E-state index in [4.69, 9.17) is 10.5 Å². The molecule has 7 heteroatoms. The van der Waals surface area contributed by atoms with Crippen molar-refractivity contribution in [1.82, 2.24) is 4.98 Å². The highest BCUT2D eigenvalue weighted by Crippen LogP contribution is 2.31. The summed E-state index contributed by atoms with van der Waals surface area (Å²) >= 11 is 0. The van der Waals surface area contributed by atoms with E-state index in [2.05, 4.69) is 4.98 Å². The number of aromatic amines is 1. The van der Waals surface area contributed by atoms with Crippen molar-refractivity contribution in [2.75, 3.05) is 0 Å². The van der Waals surface area contributed by atoms with E-state index in [9.17, 15) is 18.0 Å². The molecule has 1 fully saturated rings. The first-order valence-corrected chi connectivity index (χ1v) is 8.54. The van der Waals surface area contributed by atoms with Crippen molar-refractivity contribution in [2.24, 2.45) is 5.73 Å². The molecule has 3 aromatic rings. The third-order valence-electron chi connectivity index (χ3n) is 4.39. The van der Waals surface area contributed by atoms with Crippen LogP contribution in [0.3, 0.4) is 0 Å². The van der Waals surface area contributed by atoms with Crippen LogP contribution in [-0.2, 0) is 6.18 Å². The molecule has 4 rings (SSSR count). The lowest BCUT2D eigenvalue weighted by molar-refractivity contribution is -0.137. The molecule has 1 aliphatic rings. The molecule has 0 aliphatic heterocycles. The van der Waals surface area contributed by atoms with E-state index in [-0.39, 0.29) is 6.10 Å². The fourth-order valence-electron chi connectivity index (χ4n) is 2.68. The summed E-state index contributed by atoms with van der Waals surface area (Å²) in [6.07, 6.45) is 0.705. The second-order valence-corrected chi connectivity index (χ2v) is 6.31. The lowest BCUT2D eigenvalue weighted by atomic mass is 9.96.